The minimum atomic E-state index is -2.67. The number of halogens is 6. The normalized spacial score (nSPS) is 21.7. The Labute approximate surface area is 488 Å². The molecular weight excluding hydrogens is 1010 g/mol. The number of unbranched alkanes of at least 4 members (excludes halogenated alkanes) is 2. The number of alkyl halides is 6. The summed E-state index contributed by atoms with van der Waals surface area (Å²) in [5.41, 5.74) is 1.83. The second-order valence-electron chi connectivity index (χ2n) is 21.6. The van der Waals surface area contributed by atoms with E-state index in [0.29, 0.717) is 18.3 Å². The molecule has 78 heavy (non-hydrogen) atoms. The first-order valence-corrected chi connectivity index (χ1v) is 30.8. The molecule has 4 rings (SSSR count). The zero-order valence-corrected chi connectivity index (χ0v) is 54.8. The average Bonchev–Trinajstić information content (AvgIpc) is 3.42. The summed E-state index contributed by atoms with van der Waals surface area (Å²) in [7, 11) is 2.79. The molecule has 10 heteroatoms. The van der Waals surface area contributed by atoms with Crippen LogP contribution in [-0.2, 0) is 19.1 Å². The van der Waals surface area contributed by atoms with Crippen molar-refractivity contribution in [2.75, 3.05) is 20.1 Å². The van der Waals surface area contributed by atoms with Crippen LogP contribution in [0, 0.1) is 40.9 Å². The van der Waals surface area contributed by atoms with Gasteiger partial charge < -0.3 is 9.47 Å². The Morgan fingerprint density at radius 1 is 0.577 bits per heavy atom. The highest BCUT2D eigenvalue weighted by Crippen LogP contribution is 2.38. The zero-order chi connectivity index (χ0) is 61.2. The first-order valence-electron chi connectivity index (χ1n) is 30.2. The summed E-state index contributed by atoms with van der Waals surface area (Å²) in [6, 6.07) is 0. The second kappa shape index (κ2) is 66.8. The van der Waals surface area contributed by atoms with Crippen molar-refractivity contribution in [2.24, 2.45) is 40.9 Å². The number of methoxy groups -OCH3 is 2. The van der Waals surface area contributed by atoms with E-state index in [-0.39, 0.29) is 31.7 Å². The third-order valence-electron chi connectivity index (χ3n) is 11.7. The Hall–Kier alpha value is -2.68. The molecule has 0 aromatic rings. The van der Waals surface area contributed by atoms with Crippen molar-refractivity contribution in [3.05, 3.63) is 72.4 Å². The number of ether oxygens (including phenoxy) is 2. The quantitative estimate of drug-likeness (QED) is 0.105. The summed E-state index contributed by atoms with van der Waals surface area (Å²) in [6.07, 6.45) is 32.2. The Bertz CT molecular complexity index is 1390. The minimum absolute atomic E-state index is 0. The van der Waals surface area contributed by atoms with Gasteiger partial charge in [-0.2, -0.15) is 0 Å². The van der Waals surface area contributed by atoms with Crippen molar-refractivity contribution in [2.45, 2.75) is 292 Å². The second-order valence-corrected chi connectivity index (χ2v) is 21.9. The monoisotopic (exact) mass is 1140 g/mol. The highest BCUT2D eigenvalue weighted by atomic mass is 35.5. The molecule has 4 nitrogen and oxygen atoms in total. The standard InChI is InChI=1S/C13H22.C9H13F5.C9H14.C7H10.2C5H10O2.C5H12.2C4H10.C3H7Cl.C3H8.CH4/c1-5-6-11-7-9-12(10-8-11)13(2,3)4;1-2-3-4-5(10)7(12)9(14)8(13)6(4)11;1-2-6-9-7-4-3-5-8-9;1-7-5-3-2-4-6-7;1-4(2)5(6)7-3;1-3-4-5(6)7-2;1-4-5(2)3;2*1-3-4-2;1-2-3-4;1-3-2;/h7,9-11H,5-6,8H2,1-4H3;4-9H,2-3H2,1H3;3-5,7,9H,2,6,8H2,1H3;2-5,7H,6H2,1H3;4H,1-3H3;3-4H2,1-2H3;5H,4H2,1-3H3;2*3-4H2,1-2H3;2-3H2,1H3;3H2,1-2H3;1H4. The van der Waals surface area contributed by atoms with Gasteiger partial charge in [0, 0.05) is 18.2 Å². The van der Waals surface area contributed by atoms with Crippen LogP contribution in [0.5, 0.6) is 0 Å². The minimum Gasteiger partial charge on any atom is -0.469 e. The van der Waals surface area contributed by atoms with E-state index in [0.717, 1.165) is 42.4 Å². The highest BCUT2D eigenvalue weighted by Gasteiger charge is 2.52. The fourth-order valence-corrected chi connectivity index (χ4v) is 6.10. The van der Waals surface area contributed by atoms with Gasteiger partial charge in [-0.25, -0.2) is 22.0 Å². The van der Waals surface area contributed by atoms with E-state index in [1.165, 1.54) is 103 Å². The average molecular weight is 1140 g/mol. The van der Waals surface area contributed by atoms with Gasteiger partial charge in [0.05, 0.1) is 20.1 Å². The van der Waals surface area contributed by atoms with Crippen LogP contribution in [0.2, 0.25) is 0 Å². The molecule has 1 fully saturated rings. The molecule has 0 heterocycles. The van der Waals surface area contributed by atoms with Gasteiger partial charge in [-0.1, -0.05) is 271 Å². The first-order chi connectivity index (χ1) is 36.3. The van der Waals surface area contributed by atoms with E-state index in [4.69, 9.17) is 11.6 Å². The molecule has 0 aliphatic heterocycles. The molecule has 7 unspecified atom stereocenters. The van der Waals surface area contributed by atoms with Crippen LogP contribution >= 0.6 is 11.6 Å². The summed E-state index contributed by atoms with van der Waals surface area (Å²) in [5.74, 6) is 2.46. The molecule has 0 N–H and O–H groups in total. The van der Waals surface area contributed by atoms with E-state index >= 15 is 0 Å². The van der Waals surface area contributed by atoms with Gasteiger partial charge in [0.1, 0.15) is 12.3 Å². The molecule has 0 saturated heterocycles. The SMILES string of the molecule is C.CC1C=CC=CC1.CCC.CCC(C)C.CCCC.CCCC.CCCC(=O)OC.CCCC1C(F)C(F)C(F)C(F)C1F.CCCC1C=CC(C(C)(C)C)=CC1.CCCC1C=CC=CC1.CCCCl.COC(=O)C(C)C. The molecule has 0 bridgehead atoms. The third kappa shape index (κ3) is 62.5. The van der Waals surface area contributed by atoms with Gasteiger partial charge >= 0.3 is 11.9 Å². The molecule has 0 aromatic carbocycles. The summed E-state index contributed by atoms with van der Waals surface area (Å²) in [5, 5.41) is 0. The van der Waals surface area contributed by atoms with E-state index in [1.807, 2.05) is 13.8 Å². The molecule has 0 radical (unpaired) electrons. The Morgan fingerprint density at radius 2 is 0.974 bits per heavy atom. The Morgan fingerprint density at radius 3 is 1.18 bits per heavy atom. The van der Waals surface area contributed by atoms with Crippen LogP contribution in [0.3, 0.4) is 0 Å². The lowest BCUT2D eigenvalue weighted by atomic mass is 9.80. The van der Waals surface area contributed by atoms with E-state index < -0.39 is 36.8 Å². The lowest BCUT2D eigenvalue weighted by Gasteiger charge is -2.36. The predicted octanol–water partition coefficient (Wildman–Crippen LogP) is 23.6. The van der Waals surface area contributed by atoms with E-state index in [2.05, 4.69) is 180 Å². The van der Waals surface area contributed by atoms with Gasteiger partial charge in [0.25, 0.3) is 0 Å². The van der Waals surface area contributed by atoms with Gasteiger partial charge in [-0.15, -0.1) is 11.6 Å². The van der Waals surface area contributed by atoms with Crippen molar-refractivity contribution in [3.63, 3.8) is 0 Å². The lowest BCUT2D eigenvalue weighted by Crippen LogP contribution is -2.53. The van der Waals surface area contributed by atoms with Crippen molar-refractivity contribution in [1.82, 2.24) is 0 Å². The number of allylic oxidation sites excluding steroid dienone is 12. The van der Waals surface area contributed by atoms with Crippen LogP contribution in [-0.4, -0.2) is 62.9 Å². The molecule has 468 valence electrons. The molecule has 4 aliphatic rings. The van der Waals surface area contributed by atoms with E-state index in [1.54, 1.807) is 20.8 Å². The van der Waals surface area contributed by atoms with E-state index in [9.17, 15) is 31.5 Å². The fraction of sp³-hybridized carbons (Fsp3) is 0.794. The largest absolute Gasteiger partial charge is 0.469 e. The lowest BCUT2D eigenvalue weighted by molar-refractivity contribution is -0.144. The van der Waals surface area contributed by atoms with Crippen molar-refractivity contribution in [1.29, 1.82) is 0 Å². The molecule has 0 aromatic heterocycles. The molecule has 7 atom stereocenters. The molecule has 0 amide bonds. The van der Waals surface area contributed by atoms with Gasteiger partial charge in [-0.05, 0) is 86.0 Å². The summed E-state index contributed by atoms with van der Waals surface area (Å²) in [4.78, 5) is 20.5. The summed E-state index contributed by atoms with van der Waals surface area (Å²) >= 11 is 5.19. The van der Waals surface area contributed by atoms with Crippen molar-refractivity contribution in [3.8, 4) is 0 Å². The summed E-state index contributed by atoms with van der Waals surface area (Å²) < 4.78 is 73.2. The maximum absolute atomic E-state index is 13.1. The highest BCUT2D eigenvalue weighted by molar-refractivity contribution is 6.17. The zero-order valence-electron chi connectivity index (χ0n) is 54.0. The Balaban J connectivity index is -0.000000119. The number of carbonyl (C=O) groups excluding carboxylic acids is 2. The van der Waals surface area contributed by atoms with Crippen LogP contribution in [0.15, 0.2) is 72.4 Å². The molecule has 4 aliphatic carbocycles. The third-order valence-corrected chi connectivity index (χ3v) is 12.0. The topological polar surface area (TPSA) is 52.6 Å². The van der Waals surface area contributed by atoms with Crippen LogP contribution < -0.4 is 0 Å². The number of carbonyl (C=O) groups is 2. The number of hydrogen-bond donors (Lipinski definition) is 0. The van der Waals surface area contributed by atoms with Gasteiger partial charge in [-0.3, -0.25) is 9.59 Å². The van der Waals surface area contributed by atoms with Crippen molar-refractivity contribution >= 4 is 23.5 Å². The summed E-state index contributed by atoms with van der Waals surface area (Å²) in [6.45, 7) is 42.4. The van der Waals surface area contributed by atoms with Crippen LogP contribution in [0.4, 0.5) is 22.0 Å². The molecule has 0 spiro atoms. The smallest absolute Gasteiger partial charge is 0.308 e. The van der Waals surface area contributed by atoms with Crippen LogP contribution in [0.25, 0.3) is 0 Å². The maximum Gasteiger partial charge on any atom is 0.308 e. The molecule has 1 saturated carbocycles. The number of hydrogen-bond acceptors (Lipinski definition) is 4. The van der Waals surface area contributed by atoms with Crippen LogP contribution in [0.1, 0.15) is 261 Å². The van der Waals surface area contributed by atoms with Crippen molar-refractivity contribution < 1.29 is 41.0 Å². The fourth-order valence-electron chi connectivity index (χ4n) is 6.10. The number of esters is 2. The number of rotatable bonds is 13. The Kier molecular flexibility index (Phi) is 78.7. The first kappa shape index (κ1) is 91.8. The molecular formula is C68H130ClF5O4. The van der Waals surface area contributed by atoms with Gasteiger partial charge in [0.15, 0.2) is 18.5 Å². The maximum atomic E-state index is 13.1. The van der Waals surface area contributed by atoms with Gasteiger partial charge in [0.2, 0.25) is 0 Å². The predicted molar refractivity (Wildman–Crippen MR) is 340 cm³/mol.